The summed E-state index contributed by atoms with van der Waals surface area (Å²) >= 11 is 0. The zero-order valence-electron chi connectivity index (χ0n) is 13.2. The highest BCUT2D eigenvalue weighted by molar-refractivity contribution is 7.88. The second-order valence-corrected chi connectivity index (χ2v) is 7.16. The lowest BCUT2D eigenvalue weighted by Gasteiger charge is -2.07. The molecule has 130 valence electrons. The molecular formula is C14H16N2O7S. The van der Waals surface area contributed by atoms with Crippen LogP contribution in [0.1, 0.15) is 32.4 Å². The molecule has 0 aliphatic heterocycles. The van der Waals surface area contributed by atoms with Crippen LogP contribution in [0.25, 0.3) is 0 Å². The van der Waals surface area contributed by atoms with Gasteiger partial charge in [0, 0.05) is 14.1 Å². The molecule has 0 saturated heterocycles. The average Bonchev–Trinajstić information content (AvgIpc) is 3.11. The summed E-state index contributed by atoms with van der Waals surface area (Å²) in [6.07, 6.45) is 0. The number of hydrogen-bond acceptors (Lipinski definition) is 6. The van der Waals surface area contributed by atoms with Crippen LogP contribution >= 0.6 is 0 Å². The number of furan rings is 2. The van der Waals surface area contributed by atoms with Crippen LogP contribution in [0, 0.1) is 6.92 Å². The van der Waals surface area contributed by atoms with Gasteiger partial charge in [-0.3, -0.25) is 4.79 Å². The van der Waals surface area contributed by atoms with Crippen LogP contribution in [-0.2, 0) is 16.6 Å². The summed E-state index contributed by atoms with van der Waals surface area (Å²) in [4.78, 5) is 22.9. The number of aryl methyl sites for hydroxylation is 1. The van der Waals surface area contributed by atoms with E-state index in [1.165, 1.54) is 39.2 Å². The summed E-state index contributed by atoms with van der Waals surface area (Å²) in [5, 5.41) is 11.0. The quantitative estimate of drug-likeness (QED) is 0.791. The minimum atomic E-state index is -3.77. The highest BCUT2D eigenvalue weighted by Crippen LogP contribution is 2.18. The number of carbonyl (C=O) groups excluding carboxylic acids is 1. The van der Waals surface area contributed by atoms with Crippen molar-refractivity contribution in [1.29, 1.82) is 0 Å². The van der Waals surface area contributed by atoms with Crippen LogP contribution in [0.5, 0.6) is 0 Å². The number of amides is 1. The average molecular weight is 356 g/mol. The van der Waals surface area contributed by atoms with Gasteiger partial charge in [0.1, 0.15) is 17.1 Å². The molecule has 0 bridgehead atoms. The van der Waals surface area contributed by atoms with Gasteiger partial charge in [0.15, 0.2) is 5.76 Å². The highest BCUT2D eigenvalue weighted by atomic mass is 32.2. The van der Waals surface area contributed by atoms with Crippen molar-refractivity contribution in [2.24, 2.45) is 0 Å². The lowest BCUT2D eigenvalue weighted by atomic mass is 10.2. The van der Waals surface area contributed by atoms with Crippen molar-refractivity contribution in [1.82, 2.24) is 9.62 Å². The topological polar surface area (TPSA) is 130 Å². The number of carboxylic acid groups (broad SMARTS) is 1. The van der Waals surface area contributed by atoms with E-state index in [0.717, 1.165) is 4.31 Å². The maximum Gasteiger partial charge on any atom is 0.339 e. The minimum absolute atomic E-state index is 0.0108. The molecule has 0 aliphatic rings. The van der Waals surface area contributed by atoms with Gasteiger partial charge in [-0.15, -0.1) is 0 Å². The van der Waals surface area contributed by atoms with Gasteiger partial charge in [-0.2, -0.15) is 0 Å². The van der Waals surface area contributed by atoms with E-state index in [4.69, 9.17) is 13.9 Å². The van der Waals surface area contributed by atoms with E-state index in [0.29, 0.717) is 0 Å². The van der Waals surface area contributed by atoms with E-state index < -0.39 is 21.9 Å². The Morgan fingerprint density at radius 1 is 1.25 bits per heavy atom. The van der Waals surface area contributed by atoms with Gasteiger partial charge in [-0.05, 0) is 25.1 Å². The minimum Gasteiger partial charge on any atom is -0.478 e. The fourth-order valence-electron chi connectivity index (χ4n) is 1.86. The second kappa shape index (κ2) is 6.49. The highest BCUT2D eigenvalue weighted by Gasteiger charge is 2.23. The first-order valence-corrected chi connectivity index (χ1v) is 8.20. The first-order chi connectivity index (χ1) is 11.1. The normalized spacial score (nSPS) is 11.7. The Balaban J connectivity index is 2.07. The number of aromatic carboxylic acids is 1. The molecule has 2 aromatic rings. The number of carboxylic acids is 1. The third-order valence-corrected chi connectivity index (χ3v) is 4.85. The Labute approximate surface area is 137 Å². The van der Waals surface area contributed by atoms with E-state index in [1.807, 2.05) is 0 Å². The Morgan fingerprint density at radius 3 is 2.46 bits per heavy atom. The van der Waals surface area contributed by atoms with Crippen LogP contribution in [0.15, 0.2) is 32.1 Å². The molecule has 0 saturated carbocycles. The summed E-state index contributed by atoms with van der Waals surface area (Å²) in [6.45, 7) is 1.43. The van der Waals surface area contributed by atoms with Crippen molar-refractivity contribution in [2.45, 2.75) is 18.6 Å². The van der Waals surface area contributed by atoms with E-state index in [1.54, 1.807) is 0 Å². The molecule has 0 radical (unpaired) electrons. The van der Waals surface area contributed by atoms with Crippen molar-refractivity contribution in [3.63, 3.8) is 0 Å². The predicted molar refractivity (Wildman–Crippen MR) is 81.2 cm³/mol. The first-order valence-electron chi connectivity index (χ1n) is 6.76. The molecule has 2 rings (SSSR count). The zero-order valence-corrected chi connectivity index (χ0v) is 14.0. The molecule has 2 heterocycles. The second-order valence-electron chi connectivity index (χ2n) is 5.08. The summed E-state index contributed by atoms with van der Waals surface area (Å²) in [5.74, 6) is -1.48. The number of sulfonamides is 1. The number of hydrogen-bond donors (Lipinski definition) is 2. The molecule has 2 N–H and O–H groups in total. The number of nitrogens with zero attached hydrogens (tertiary/aromatic N) is 1. The number of nitrogens with one attached hydrogen (secondary N) is 1. The van der Waals surface area contributed by atoms with E-state index in [2.05, 4.69) is 5.32 Å². The lowest BCUT2D eigenvalue weighted by Crippen LogP contribution is -2.23. The van der Waals surface area contributed by atoms with Gasteiger partial charge < -0.3 is 19.3 Å². The van der Waals surface area contributed by atoms with Gasteiger partial charge in [-0.25, -0.2) is 17.5 Å². The molecule has 24 heavy (non-hydrogen) atoms. The Kier molecular flexibility index (Phi) is 4.81. The third-order valence-electron chi connectivity index (χ3n) is 3.16. The molecular weight excluding hydrogens is 340 g/mol. The van der Waals surface area contributed by atoms with Crippen molar-refractivity contribution in [3.05, 3.63) is 41.0 Å². The smallest absolute Gasteiger partial charge is 0.339 e. The van der Waals surface area contributed by atoms with E-state index in [-0.39, 0.29) is 34.5 Å². The molecule has 0 spiro atoms. The van der Waals surface area contributed by atoms with Crippen LogP contribution < -0.4 is 5.32 Å². The van der Waals surface area contributed by atoms with Crippen LogP contribution in [0.2, 0.25) is 0 Å². The fourth-order valence-corrected chi connectivity index (χ4v) is 2.65. The molecule has 0 unspecified atom stereocenters. The van der Waals surface area contributed by atoms with Gasteiger partial charge in [-0.1, -0.05) is 0 Å². The molecule has 0 aromatic carbocycles. The summed E-state index contributed by atoms with van der Waals surface area (Å²) in [7, 11) is -1.08. The first kappa shape index (κ1) is 17.8. The molecule has 9 nitrogen and oxygen atoms in total. The van der Waals surface area contributed by atoms with Crippen molar-refractivity contribution < 1.29 is 31.9 Å². The van der Waals surface area contributed by atoms with E-state index in [9.17, 15) is 18.0 Å². The lowest BCUT2D eigenvalue weighted by molar-refractivity contribution is 0.0694. The van der Waals surface area contributed by atoms with Gasteiger partial charge in [0.05, 0.1) is 6.54 Å². The Morgan fingerprint density at radius 2 is 1.92 bits per heavy atom. The van der Waals surface area contributed by atoms with Crippen LogP contribution in [-0.4, -0.2) is 43.8 Å². The largest absolute Gasteiger partial charge is 0.478 e. The SMILES string of the molecule is Cc1oc(CNC(=O)c2ccc(S(=O)(=O)N(C)C)o2)cc1C(=O)O. The fraction of sp³-hybridized carbons (Fsp3) is 0.286. The monoisotopic (exact) mass is 356 g/mol. The van der Waals surface area contributed by atoms with Crippen LogP contribution in [0.3, 0.4) is 0 Å². The molecule has 10 heteroatoms. The van der Waals surface area contributed by atoms with Gasteiger partial charge in [0.25, 0.3) is 15.9 Å². The molecule has 0 fully saturated rings. The molecule has 2 aromatic heterocycles. The van der Waals surface area contributed by atoms with Gasteiger partial charge in [0.2, 0.25) is 5.09 Å². The molecule has 0 atom stereocenters. The van der Waals surface area contributed by atoms with E-state index >= 15 is 0 Å². The zero-order chi connectivity index (χ0) is 18.1. The standard InChI is InChI=1S/C14H16N2O7S/c1-8-10(14(18)19)6-9(22-8)7-15-13(17)11-4-5-12(23-11)24(20,21)16(2)3/h4-6H,7H2,1-3H3,(H,15,17)(H,18,19). The van der Waals surface area contributed by atoms with Gasteiger partial charge >= 0.3 is 5.97 Å². The number of carbonyl (C=O) groups is 2. The summed E-state index contributed by atoms with van der Waals surface area (Å²) < 4.78 is 35.0. The van der Waals surface area contributed by atoms with Crippen molar-refractivity contribution in [2.75, 3.05) is 14.1 Å². The van der Waals surface area contributed by atoms with Crippen LogP contribution in [0.4, 0.5) is 0 Å². The number of rotatable bonds is 6. The molecule has 0 aliphatic carbocycles. The Bertz CT molecular complexity index is 877. The molecule has 1 amide bonds. The predicted octanol–water partition coefficient (Wildman–Crippen LogP) is 1.06. The Hall–Kier alpha value is -2.59. The third kappa shape index (κ3) is 3.49. The van der Waals surface area contributed by atoms with Crippen molar-refractivity contribution in [3.8, 4) is 0 Å². The maximum absolute atomic E-state index is 12.0. The summed E-state index contributed by atoms with van der Waals surface area (Å²) in [5.41, 5.74) is 0.0108. The summed E-state index contributed by atoms with van der Waals surface area (Å²) in [6, 6.07) is 3.73. The van der Waals surface area contributed by atoms with Crippen molar-refractivity contribution >= 4 is 21.9 Å². The maximum atomic E-state index is 12.0.